The smallest absolute Gasteiger partial charge is 0.224 e. The lowest BCUT2D eigenvalue weighted by atomic mass is 10.1. The zero-order valence-electron chi connectivity index (χ0n) is 13.4. The Morgan fingerprint density at radius 1 is 1.00 bits per heavy atom. The van der Waals surface area contributed by atoms with Crippen LogP contribution in [0.3, 0.4) is 0 Å². The van der Waals surface area contributed by atoms with Gasteiger partial charge in [-0.2, -0.15) is 0 Å². The molecule has 0 amide bonds. The van der Waals surface area contributed by atoms with Gasteiger partial charge < -0.3 is 0 Å². The van der Waals surface area contributed by atoms with Crippen LogP contribution in [0.5, 0.6) is 0 Å². The van der Waals surface area contributed by atoms with Crippen molar-refractivity contribution in [3.05, 3.63) is 58.1 Å². The van der Waals surface area contributed by atoms with Gasteiger partial charge in [0.15, 0.2) is 9.84 Å². The average Bonchev–Trinajstić information content (AvgIpc) is 2.45. The molecule has 0 fully saturated rings. The molecule has 1 N–H and O–H groups in total. The summed E-state index contributed by atoms with van der Waals surface area (Å²) in [7, 11) is -6.99. The van der Waals surface area contributed by atoms with Gasteiger partial charge in [0, 0.05) is 16.8 Å². The first-order valence-electron chi connectivity index (χ1n) is 7.09. The van der Waals surface area contributed by atoms with E-state index in [0.717, 1.165) is 11.8 Å². The molecule has 0 saturated heterocycles. The van der Waals surface area contributed by atoms with Crippen LogP contribution in [0.2, 0.25) is 0 Å². The summed E-state index contributed by atoms with van der Waals surface area (Å²) in [5.74, 6) is 0. The van der Waals surface area contributed by atoms with Crippen LogP contribution in [0.4, 0.5) is 0 Å². The van der Waals surface area contributed by atoms with Gasteiger partial charge in [0.1, 0.15) is 0 Å². The largest absolute Gasteiger partial charge is 0.242 e. The van der Waals surface area contributed by atoms with Crippen molar-refractivity contribution in [2.24, 2.45) is 0 Å². The van der Waals surface area contributed by atoms with Gasteiger partial charge in [-0.15, -0.1) is 0 Å². The molecule has 2 aromatic rings. The summed E-state index contributed by atoms with van der Waals surface area (Å²) >= 11 is 3.27. The molecule has 0 bridgehead atoms. The van der Waals surface area contributed by atoms with Crippen molar-refractivity contribution >= 4 is 35.8 Å². The number of sulfonamides is 1. The predicted octanol–water partition coefficient (Wildman–Crippen LogP) is 3.20. The van der Waals surface area contributed by atoms with E-state index in [1.54, 1.807) is 37.3 Å². The normalized spacial score (nSPS) is 13.7. The molecule has 0 aliphatic carbocycles. The average molecular weight is 432 g/mol. The molecule has 0 aromatic heterocycles. The molecule has 130 valence electrons. The molecule has 2 rings (SSSR count). The molecule has 8 heteroatoms. The molecule has 1 atom stereocenters. The fourth-order valence-electron chi connectivity index (χ4n) is 2.19. The molecular formula is C16H18BrNO4S2. The molecule has 1 unspecified atom stereocenters. The van der Waals surface area contributed by atoms with Crippen molar-refractivity contribution in [2.45, 2.75) is 29.7 Å². The van der Waals surface area contributed by atoms with Crippen molar-refractivity contribution in [3.63, 3.8) is 0 Å². The summed E-state index contributed by atoms with van der Waals surface area (Å²) in [5, 5.41) is 0. The summed E-state index contributed by atoms with van der Waals surface area (Å²) in [4.78, 5) is 0.357. The van der Waals surface area contributed by atoms with Crippen molar-refractivity contribution in [2.75, 3.05) is 6.26 Å². The highest BCUT2D eigenvalue weighted by atomic mass is 79.9. The van der Waals surface area contributed by atoms with Gasteiger partial charge in [0.2, 0.25) is 10.0 Å². The standard InChI is InChI=1S/C16H18BrNO4S2/c1-11-4-9-16(15(17)10-11)24(21,22)18-12(2)13-5-7-14(8-6-13)23(3,19)20/h4-10,12,18H,1-3H3. The van der Waals surface area contributed by atoms with Gasteiger partial charge >= 0.3 is 0 Å². The van der Waals surface area contributed by atoms with Gasteiger partial charge in [-0.05, 0) is 65.2 Å². The van der Waals surface area contributed by atoms with E-state index in [9.17, 15) is 16.8 Å². The monoisotopic (exact) mass is 431 g/mol. The van der Waals surface area contributed by atoms with Crippen molar-refractivity contribution in [3.8, 4) is 0 Å². The van der Waals surface area contributed by atoms with Crippen LogP contribution in [0.15, 0.2) is 56.7 Å². The summed E-state index contributed by atoms with van der Waals surface area (Å²) in [5.41, 5.74) is 1.62. The molecule has 0 aliphatic heterocycles. The van der Waals surface area contributed by atoms with Crippen LogP contribution in [0.1, 0.15) is 24.1 Å². The Kier molecular flexibility index (Phi) is 5.54. The molecular weight excluding hydrogens is 414 g/mol. The summed E-state index contributed by atoms with van der Waals surface area (Å²) in [6.07, 6.45) is 1.13. The highest BCUT2D eigenvalue weighted by molar-refractivity contribution is 9.10. The number of sulfone groups is 1. The zero-order chi connectivity index (χ0) is 18.1. The van der Waals surface area contributed by atoms with E-state index >= 15 is 0 Å². The van der Waals surface area contributed by atoms with Crippen LogP contribution < -0.4 is 4.72 Å². The minimum atomic E-state index is -3.71. The number of hydrogen-bond donors (Lipinski definition) is 1. The third-order valence-electron chi connectivity index (χ3n) is 3.52. The van der Waals surface area contributed by atoms with Crippen LogP contribution in [0.25, 0.3) is 0 Å². The van der Waals surface area contributed by atoms with E-state index in [0.29, 0.717) is 10.0 Å². The van der Waals surface area contributed by atoms with Crippen LogP contribution >= 0.6 is 15.9 Å². The fourth-order valence-corrected chi connectivity index (χ4v) is 5.25. The molecule has 24 heavy (non-hydrogen) atoms. The van der Waals surface area contributed by atoms with Gasteiger partial charge in [0.25, 0.3) is 0 Å². The van der Waals surface area contributed by atoms with Gasteiger partial charge in [-0.3, -0.25) is 0 Å². The first-order chi connectivity index (χ1) is 11.0. The topological polar surface area (TPSA) is 80.3 Å². The molecule has 0 saturated carbocycles. The molecule has 0 heterocycles. The summed E-state index contributed by atoms with van der Waals surface area (Å²) in [6, 6.07) is 10.7. The first kappa shape index (κ1) is 19.1. The number of benzene rings is 2. The first-order valence-corrected chi connectivity index (χ1v) is 11.3. The number of halogens is 1. The predicted molar refractivity (Wildman–Crippen MR) is 97.2 cm³/mol. The number of aryl methyl sites for hydroxylation is 1. The van der Waals surface area contributed by atoms with Crippen molar-refractivity contribution < 1.29 is 16.8 Å². The molecule has 0 spiro atoms. The fraction of sp³-hybridized carbons (Fsp3) is 0.250. The van der Waals surface area contributed by atoms with Crippen molar-refractivity contribution in [1.29, 1.82) is 0 Å². The lowest BCUT2D eigenvalue weighted by molar-refractivity contribution is 0.566. The number of rotatable bonds is 5. The van der Waals surface area contributed by atoms with Gasteiger partial charge in [-0.1, -0.05) is 18.2 Å². The van der Waals surface area contributed by atoms with Crippen LogP contribution in [-0.2, 0) is 19.9 Å². The Balaban J connectivity index is 2.26. The van der Waals surface area contributed by atoms with Gasteiger partial charge in [-0.25, -0.2) is 21.6 Å². The Bertz CT molecular complexity index is 952. The lowest BCUT2D eigenvalue weighted by Gasteiger charge is -2.16. The third-order valence-corrected chi connectivity index (χ3v) is 7.16. The quantitative estimate of drug-likeness (QED) is 0.787. The molecule has 0 radical (unpaired) electrons. The minimum absolute atomic E-state index is 0.160. The highest BCUT2D eigenvalue weighted by Gasteiger charge is 2.21. The van der Waals surface area contributed by atoms with Crippen molar-refractivity contribution in [1.82, 2.24) is 4.72 Å². The maximum Gasteiger partial charge on any atom is 0.242 e. The zero-order valence-corrected chi connectivity index (χ0v) is 16.7. The Labute approximate surface area is 151 Å². The second-order valence-electron chi connectivity index (χ2n) is 5.62. The lowest BCUT2D eigenvalue weighted by Crippen LogP contribution is -2.27. The molecule has 2 aromatic carbocycles. The molecule has 5 nitrogen and oxygen atoms in total. The van der Waals surface area contributed by atoms with Crippen LogP contribution in [0, 0.1) is 6.92 Å². The number of hydrogen-bond acceptors (Lipinski definition) is 4. The highest BCUT2D eigenvalue weighted by Crippen LogP contribution is 2.25. The minimum Gasteiger partial charge on any atom is -0.224 e. The molecule has 0 aliphatic rings. The van der Waals surface area contributed by atoms with E-state index in [4.69, 9.17) is 0 Å². The summed E-state index contributed by atoms with van der Waals surface area (Å²) < 4.78 is 51.1. The van der Waals surface area contributed by atoms with E-state index < -0.39 is 25.9 Å². The second-order valence-corrected chi connectivity index (χ2v) is 10.2. The number of nitrogens with one attached hydrogen (secondary N) is 1. The van der Waals surface area contributed by atoms with Gasteiger partial charge in [0.05, 0.1) is 9.79 Å². The van der Waals surface area contributed by atoms with E-state index in [-0.39, 0.29) is 9.79 Å². The Morgan fingerprint density at radius 3 is 2.08 bits per heavy atom. The maximum atomic E-state index is 12.5. The summed E-state index contributed by atoms with van der Waals surface area (Å²) in [6.45, 7) is 3.58. The van der Waals surface area contributed by atoms with Crippen LogP contribution in [-0.4, -0.2) is 23.1 Å². The SMILES string of the molecule is Cc1ccc(S(=O)(=O)NC(C)c2ccc(S(C)(=O)=O)cc2)c(Br)c1. The van der Waals surface area contributed by atoms with E-state index in [2.05, 4.69) is 20.7 Å². The van der Waals surface area contributed by atoms with E-state index in [1.165, 1.54) is 12.1 Å². The third kappa shape index (κ3) is 4.44. The maximum absolute atomic E-state index is 12.5. The second kappa shape index (κ2) is 6.95. The van der Waals surface area contributed by atoms with E-state index in [1.807, 2.05) is 6.92 Å². The Morgan fingerprint density at radius 2 is 1.58 bits per heavy atom. The Hall–Kier alpha value is -1.22.